The van der Waals surface area contributed by atoms with E-state index in [2.05, 4.69) is 10.2 Å². The Kier molecular flexibility index (Phi) is 8.49. The van der Waals surface area contributed by atoms with Crippen molar-refractivity contribution in [1.29, 1.82) is 0 Å². The van der Waals surface area contributed by atoms with E-state index in [1.54, 1.807) is 0 Å². The summed E-state index contributed by atoms with van der Waals surface area (Å²) in [4.78, 5) is 30.0. The molecule has 2 rings (SSSR count). The van der Waals surface area contributed by atoms with Gasteiger partial charge < -0.3 is 19.9 Å². The van der Waals surface area contributed by atoms with Gasteiger partial charge in [-0.25, -0.2) is 0 Å². The van der Waals surface area contributed by atoms with Crippen molar-refractivity contribution in [2.45, 2.75) is 26.2 Å². The monoisotopic (exact) mass is 340 g/mol. The summed E-state index contributed by atoms with van der Waals surface area (Å²) in [5, 5.41) is 3.24. The molecule has 2 heterocycles. The number of amides is 2. The number of hydrogen-bond donors (Lipinski definition) is 1. The van der Waals surface area contributed by atoms with Crippen LogP contribution in [0.1, 0.15) is 26.2 Å². The second-order valence-corrected chi connectivity index (χ2v) is 6.47. The van der Waals surface area contributed by atoms with Gasteiger partial charge in [-0.1, -0.05) is 6.92 Å². The van der Waals surface area contributed by atoms with Crippen molar-refractivity contribution < 1.29 is 14.3 Å². The molecule has 0 aliphatic carbocycles. The van der Waals surface area contributed by atoms with Gasteiger partial charge in [0.2, 0.25) is 11.8 Å². The summed E-state index contributed by atoms with van der Waals surface area (Å²) < 4.78 is 5.63. The molecule has 0 saturated carbocycles. The van der Waals surface area contributed by atoms with E-state index in [0.717, 1.165) is 65.3 Å². The van der Waals surface area contributed by atoms with Gasteiger partial charge in [0.05, 0.1) is 19.6 Å². The van der Waals surface area contributed by atoms with Crippen molar-refractivity contribution in [3.8, 4) is 0 Å². The number of ether oxygens (including phenoxy) is 1. The molecule has 2 saturated heterocycles. The predicted molar refractivity (Wildman–Crippen MR) is 92.8 cm³/mol. The Labute approximate surface area is 145 Å². The Morgan fingerprint density at radius 2 is 1.50 bits per heavy atom. The molecule has 0 spiro atoms. The van der Waals surface area contributed by atoms with Crippen molar-refractivity contribution in [2.24, 2.45) is 0 Å². The third kappa shape index (κ3) is 6.37. The molecule has 0 aromatic carbocycles. The summed E-state index contributed by atoms with van der Waals surface area (Å²) >= 11 is 0. The number of nitrogens with zero attached hydrogens (tertiary/aromatic N) is 3. The fourth-order valence-electron chi connectivity index (χ4n) is 3.12. The lowest BCUT2D eigenvalue weighted by molar-refractivity contribution is -0.133. The van der Waals surface area contributed by atoms with Gasteiger partial charge in [-0.15, -0.1) is 0 Å². The average Bonchev–Trinajstić information content (AvgIpc) is 2.62. The normalized spacial score (nSPS) is 19.5. The molecular weight excluding hydrogens is 308 g/mol. The Morgan fingerprint density at radius 3 is 2.17 bits per heavy atom. The van der Waals surface area contributed by atoms with E-state index in [1.165, 1.54) is 0 Å². The Bertz CT molecular complexity index is 391. The van der Waals surface area contributed by atoms with Crippen molar-refractivity contribution in [3.05, 3.63) is 0 Å². The fraction of sp³-hybridized carbons (Fsp3) is 0.882. The minimum absolute atomic E-state index is 0.194. The molecule has 24 heavy (non-hydrogen) atoms. The lowest BCUT2D eigenvalue weighted by Crippen LogP contribution is -2.49. The fourth-order valence-corrected chi connectivity index (χ4v) is 3.12. The van der Waals surface area contributed by atoms with E-state index in [0.29, 0.717) is 26.1 Å². The molecule has 0 radical (unpaired) electrons. The van der Waals surface area contributed by atoms with Crippen LogP contribution in [-0.2, 0) is 14.3 Å². The van der Waals surface area contributed by atoms with E-state index in [1.807, 2.05) is 16.7 Å². The van der Waals surface area contributed by atoms with Crippen molar-refractivity contribution in [3.63, 3.8) is 0 Å². The van der Waals surface area contributed by atoms with E-state index >= 15 is 0 Å². The molecular formula is C17H32N4O3. The standard InChI is InChI=1S/C17H32N4O3/c1-2-3-16(22)21-11-9-19(10-12-21)13-15-24-14-4-17(23)20-7-5-18-6-8-20/h18H,2-15H2,1H3. The summed E-state index contributed by atoms with van der Waals surface area (Å²) in [5.74, 6) is 0.472. The first-order chi connectivity index (χ1) is 11.7. The molecule has 138 valence electrons. The molecule has 0 bridgehead atoms. The number of piperazine rings is 2. The maximum absolute atomic E-state index is 12.0. The minimum atomic E-state index is 0.194. The molecule has 2 amide bonds. The van der Waals surface area contributed by atoms with Gasteiger partial charge in [-0.3, -0.25) is 14.5 Å². The Hall–Kier alpha value is -1.18. The number of nitrogens with one attached hydrogen (secondary N) is 1. The van der Waals surface area contributed by atoms with Gasteiger partial charge in [0.15, 0.2) is 0 Å². The summed E-state index contributed by atoms with van der Waals surface area (Å²) in [7, 11) is 0. The van der Waals surface area contributed by atoms with Crippen LogP contribution in [-0.4, -0.2) is 98.6 Å². The molecule has 0 unspecified atom stereocenters. The third-order valence-corrected chi connectivity index (χ3v) is 4.67. The number of hydrogen-bond acceptors (Lipinski definition) is 5. The maximum atomic E-state index is 12.0. The van der Waals surface area contributed by atoms with Gasteiger partial charge in [-0.2, -0.15) is 0 Å². The molecule has 7 heteroatoms. The van der Waals surface area contributed by atoms with Crippen molar-refractivity contribution in [2.75, 3.05) is 72.1 Å². The van der Waals surface area contributed by atoms with Gasteiger partial charge in [-0.05, 0) is 6.42 Å². The van der Waals surface area contributed by atoms with E-state index in [4.69, 9.17) is 4.74 Å². The highest BCUT2D eigenvalue weighted by molar-refractivity contribution is 5.76. The van der Waals surface area contributed by atoms with Crippen LogP contribution in [0.2, 0.25) is 0 Å². The van der Waals surface area contributed by atoms with Gasteiger partial charge in [0.25, 0.3) is 0 Å². The van der Waals surface area contributed by atoms with E-state index in [-0.39, 0.29) is 11.8 Å². The molecule has 1 N–H and O–H groups in total. The average molecular weight is 340 g/mol. The molecule has 7 nitrogen and oxygen atoms in total. The van der Waals surface area contributed by atoms with Gasteiger partial charge >= 0.3 is 0 Å². The molecule has 0 aromatic rings. The summed E-state index contributed by atoms with van der Waals surface area (Å²) in [6.45, 7) is 10.9. The van der Waals surface area contributed by atoms with Crippen LogP contribution in [0.3, 0.4) is 0 Å². The number of carbonyl (C=O) groups is 2. The molecule has 2 fully saturated rings. The smallest absolute Gasteiger partial charge is 0.224 e. The predicted octanol–water partition coefficient (Wildman–Crippen LogP) is -0.231. The van der Waals surface area contributed by atoms with Gasteiger partial charge in [0, 0.05) is 65.3 Å². The SMILES string of the molecule is CCCC(=O)N1CCN(CCOCCC(=O)N2CCNCC2)CC1. The molecule has 0 atom stereocenters. The summed E-state index contributed by atoms with van der Waals surface area (Å²) in [6.07, 6.45) is 2.04. The molecule has 0 aromatic heterocycles. The highest BCUT2D eigenvalue weighted by Crippen LogP contribution is 2.05. The first-order valence-corrected chi connectivity index (χ1v) is 9.27. The van der Waals surface area contributed by atoms with Crippen molar-refractivity contribution in [1.82, 2.24) is 20.0 Å². The largest absolute Gasteiger partial charge is 0.380 e. The zero-order valence-electron chi connectivity index (χ0n) is 15.0. The quantitative estimate of drug-likeness (QED) is 0.619. The topological polar surface area (TPSA) is 65.1 Å². The van der Waals surface area contributed by atoms with Crippen LogP contribution < -0.4 is 5.32 Å². The lowest BCUT2D eigenvalue weighted by atomic mass is 10.2. The number of carbonyl (C=O) groups excluding carboxylic acids is 2. The zero-order chi connectivity index (χ0) is 17.2. The lowest BCUT2D eigenvalue weighted by Gasteiger charge is -2.34. The first kappa shape index (κ1) is 19.1. The molecule has 2 aliphatic rings. The Balaban J connectivity index is 1.49. The first-order valence-electron chi connectivity index (χ1n) is 9.27. The second-order valence-electron chi connectivity index (χ2n) is 6.47. The summed E-state index contributed by atoms with van der Waals surface area (Å²) in [5.41, 5.74) is 0. The third-order valence-electron chi connectivity index (χ3n) is 4.67. The Morgan fingerprint density at radius 1 is 0.875 bits per heavy atom. The maximum Gasteiger partial charge on any atom is 0.224 e. The second kappa shape index (κ2) is 10.6. The van der Waals surface area contributed by atoms with Crippen molar-refractivity contribution >= 4 is 11.8 Å². The highest BCUT2D eigenvalue weighted by Gasteiger charge is 2.20. The van der Waals surface area contributed by atoms with Gasteiger partial charge in [0.1, 0.15) is 0 Å². The molecule has 2 aliphatic heterocycles. The van der Waals surface area contributed by atoms with Crippen LogP contribution in [0, 0.1) is 0 Å². The minimum Gasteiger partial charge on any atom is -0.380 e. The zero-order valence-corrected chi connectivity index (χ0v) is 15.0. The van der Waals surface area contributed by atoms with Crippen LogP contribution >= 0.6 is 0 Å². The van der Waals surface area contributed by atoms with E-state index < -0.39 is 0 Å². The highest BCUT2D eigenvalue weighted by atomic mass is 16.5. The van der Waals surface area contributed by atoms with E-state index in [9.17, 15) is 9.59 Å². The van der Waals surface area contributed by atoms with Crippen LogP contribution in [0.15, 0.2) is 0 Å². The van der Waals surface area contributed by atoms with Crippen LogP contribution in [0.25, 0.3) is 0 Å². The summed E-state index contributed by atoms with van der Waals surface area (Å²) in [6, 6.07) is 0. The number of rotatable bonds is 8. The van der Waals surface area contributed by atoms with Crippen LogP contribution in [0.5, 0.6) is 0 Å². The van der Waals surface area contributed by atoms with Crippen LogP contribution in [0.4, 0.5) is 0 Å².